The second-order valence-electron chi connectivity index (χ2n) is 9.96. The molecule has 1 fully saturated rings. The van der Waals surface area contributed by atoms with Crippen LogP contribution >= 0.6 is 0 Å². The number of nitrogens with zero attached hydrogens (tertiary/aromatic N) is 4. The third-order valence-corrected chi connectivity index (χ3v) is 6.92. The maximum Gasteiger partial charge on any atom is 0.270 e. The number of aromatic amines is 1. The lowest BCUT2D eigenvalue weighted by molar-refractivity contribution is -0.119. The molecular formula is C26H35N7O2. The largest absolute Gasteiger partial charge is 0.339 e. The molecule has 3 aromatic rings. The molecule has 3 N–H and O–H groups in total. The quantitative estimate of drug-likeness (QED) is 0.465. The Morgan fingerprint density at radius 3 is 2.46 bits per heavy atom. The highest BCUT2D eigenvalue weighted by molar-refractivity contribution is 6.00. The molecule has 0 unspecified atom stereocenters. The van der Waals surface area contributed by atoms with E-state index in [9.17, 15) is 9.59 Å². The number of carbonyl (C=O) groups excluding carboxylic acids is 2. The minimum absolute atomic E-state index is 0.0405. The lowest BCUT2D eigenvalue weighted by Gasteiger charge is -2.32. The van der Waals surface area contributed by atoms with Crippen molar-refractivity contribution in [2.45, 2.75) is 72.4 Å². The standard InChI is InChI=1S/C26H35N7O2/c1-15(2)33-21(12-13-28-33)25(34)30-24(19-8-6-16(3)7-9-19)26(35)29-22-11-10-20(14-27-22)23-17(4)31-32-18(23)5/h10-16,19,24H,6-9H2,1-5H3,(H,30,34)(H,31,32)(H,27,29,35)/t16?,19?,24-/m0/s1. The fourth-order valence-corrected chi connectivity index (χ4v) is 4.93. The van der Waals surface area contributed by atoms with Crippen LogP contribution in [0.15, 0.2) is 30.6 Å². The van der Waals surface area contributed by atoms with Gasteiger partial charge in [0.15, 0.2) is 0 Å². The number of aromatic nitrogens is 5. The molecule has 0 aromatic carbocycles. The zero-order chi connectivity index (χ0) is 25.1. The minimum Gasteiger partial charge on any atom is -0.339 e. The van der Waals surface area contributed by atoms with Crippen LogP contribution in [-0.2, 0) is 4.79 Å². The van der Waals surface area contributed by atoms with Gasteiger partial charge in [0, 0.05) is 35.3 Å². The summed E-state index contributed by atoms with van der Waals surface area (Å²) in [5.74, 6) is 0.625. The molecule has 3 aromatic heterocycles. The van der Waals surface area contributed by atoms with Crippen LogP contribution in [0.1, 0.15) is 74.4 Å². The van der Waals surface area contributed by atoms with Gasteiger partial charge >= 0.3 is 0 Å². The van der Waals surface area contributed by atoms with Gasteiger partial charge in [-0.25, -0.2) is 4.98 Å². The lowest BCUT2D eigenvalue weighted by atomic mass is 9.79. The van der Waals surface area contributed by atoms with E-state index in [-0.39, 0.29) is 23.8 Å². The van der Waals surface area contributed by atoms with Crippen molar-refractivity contribution in [3.05, 3.63) is 47.7 Å². The third-order valence-electron chi connectivity index (χ3n) is 6.92. The number of aryl methyl sites for hydroxylation is 2. The van der Waals surface area contributed by atoms with Gasteiger partial charge in [0.1, 0.15) is 17.6 Å². The first-order chi connectivity index (χ1) is 16.7. The van der Waals surface area contributed by atoms with Crippen LogP contribution in [0, 0.1) is 25.7 Å². The monoisotopic (exact) mass is 477 g/mol. The van der Waals surface area contributed by atoms with Gasteiger partial charge in [-0.3, -0.25) is 19.4 Å². The Labute approximate surface area is 206 Å². The zero-order valence-corrected chi connectivity index (χ0v) is 21.1. The van der Waals surface area contributed by atoms with E-state index in [0.717, 1.165) is 48.2 Å². The molecule has 0 saturated heterocycles. The molecule has 9 heteroatoms. The van der Waals surface area contributed by atoms with Crippen LogP contribution < -0.4 is 10.6 Å². The van der Waals surface area contributed by atoms with Gasteiger partial charge < -0.3 is 10.6 Å². The minimum atomic E-state index is -0.648. The van der Waals surface area contributed by atoms with Crippen LogP contribution in [0.5, 0.6) is 0 Å². The molecule has 1 aliphatic carbocycles. The van der Waals surface area contributed by atoms with Gasteiger partial charge in [-0.15, -0.1) is 0 Å². The SMILES string of the molecule is Cc1n[nH]c(C)c1-c1ccc(NC(=O)[C@@H](NC(=O)c2ccnn2C(C)C)C2CCC(C)CC2)nc1. The first kappa shape index (κ1) is 24.6. The molecule has 1 atom stereocenters. The Kier molecular flexibility index (Phi) is 7.33. The van der Waals surface area contributed by atoms with E-state index in [1.54, 1.807) is 29.2 Å². The van der Waals surface area contributed by atoms with Gasteiger partial charge in [-0.1, -0.05) is 19.8 Å². The highest BCUT2D eigenvalue weighted by Crippen LogP contribution is 2.31. The van der Waals surface area contributed by atoms with Crippen LogP contribution in [0.4, 0.5) is 5.82 Å². The number of rotatable bonds is 7. The van der Waals surface area contributed by atoms with Gasteiger partial charge in [0.2, 0.25) is 5.91 Å². The summed E-state index contributed by atoms with van der Waals surface area (Å²) in [6, 6.07) is 4.79. The Bertz CT molecular complexity index is 1150. The predicted octanol–water partition coefficient (Wildman–Crippen LogP) is 4.43. The summed E-state index contributed by atoms with van der Waals surface area (Å²) in [5.41, 5.74) is 4.26. The van der Waals surface area contributed by atoms with E-state index in [1.165, 1.54) is 0 Å². The summed E-state index contributed by atoms with van der Waals surface area (Å²) in [6.45, 7) is 10.1. The molecule has 4 rings (SSSR count). The maximum atomic E-state index is 13.4. The number of hydrogen-bond donors (Lipinski definition) is 3. The maximum absolute atomic E-state index is 13.4. The second-order valence-corrected chi connectivity index (χ2v) is 9.96. The summed E-state index contributed by atoms with van der Waals surface area (Å²) < 4.78 is 1.67. The van der Waals surface area contributed by atoms with Gasteiger partial charge in [0.05, 0.1) is 5.69 Å². The first-order valence-corrected chi connectivity index (χ1v) is 12.4. The van der Waals surface area contributed by atoms with Crippen LogP contribution in [-0.4, -0.2) is 42.8 Å². The van der Waals surface area contributed by atoms with E-state index in [2.05, 4.69) is 37.8 Å². The van der Waals surface area contributed by atoms with Crippen molar-refractivity contribution in [1.29, 1.82) is 0 Å². The molecule has 0 aliphatic heterocycles. The van der Waals surface area contributed by atoms with E-state index >= 15 is 0 Å². The van der Waals surface area contributed by atoms with Crippen molar-refractivity contribution in [3.63, 3.8) is 0 Å². The molecule has 1 saturated carbocycles. The van der Waals surface area contributed by atoms with Crippen LogP contribution in [0.3, 0.4) is 0 Å². The smallest absolute Gasteiger partial charge is 0.270 e. The number of H-pyrrole nitrogens is 1. The van der Waals surface area contributed by atoms with Gasteiger partial charge in [-0.2, -0.15) is 10.2 Å². The van der Waals surface area contributed by atoms with Crippen molar-refractivity contribution in [2.75, 3.05) is 5.32 Å². The molecule has 2 amide bonds. The highest BCUT2D eigenvalue weighted by Gasteiger charge is 2.33. The first-order valence-electron chi connectivity index (χ1n) is 12.4. The van der Waals surface area contributed by atoms with E-state index in [1.807, 2.05) is 33.8 Å². The molecular weight excluding hydrogens is 442 g/mol. The summed E-state index contributed by atoms with van der Waals surface area (Å²) in [7, 11) is 0. The third kappa shape index (κ3) is 5.44. The average molecular weight is 478 g/mol. The molecule has 0 radical (unpaired) electrons. The Morgan fingerprint density at radius 2 is 1.86 bits per heavy atom. The Hall–Kier alpha value is -3.49. The van der Waals surface area contributed by atoms with Gasteiger partial charge in [-0.05, 0) is 70.6 Å². The molecule has 0 spiro atoms. The molecule has 35 heavy (non-hydrogen) atoms. The molecule has 3 heterocycles. The summed E-state index contributed by atoms with van der Waals surface area (Å²) in [4.78, 5) is 31.1. The van der Waals surface area contributed by atoms with Crippen molar-refractivity contribution in [3.8, 4) is 11.1 Å². The fraction of sp³-hybridized carbons (Fsp3) is 0.500. The summed E-state index contributed by atoms with van der Waals surface area (Å²) in [5, 5.41) is 17.4. The van der Waals surface area contributed by atoms with E-state index in [4.69, 9.17) is 0 Å². The second kappa shape index (κ2) is 10.4. The molecule has 9 nitrogen and oxygen atoms in total. The van der Waals surface area contributed by atoms with Crippen molar-refractivity contribution < 1.29 is 9.59 Å². The number of carbonyl (C=O) groups is 2. The Balaban J connectivity index is 1.52. The summed E-state index contributed by atoms with van der Waals surface area (Å²) in [6.07, 6.45) is 7.23. The Morgan fingerprint density at radius 1 is 1.11 bits per heavy atom. The van der Waals surface area contributed by atoms with E-state index in [0.29, 0.717) is 17.4 Å². The van der Waals surface area contributed by atoms with Crippen molar-refractivity contribution in [1.82, 2.24) is 30.3 Å². The average Bonchev–Trinajstić information content (AvgIpc) is 3.45. The number of pyridine rings is 1. The molecule has 0 bridgehead atoms. The van der Waals surface area contributed by atoms with Crippen LogP contribution in [0.2, 0.25) is 0 Å². The fourth-order valence-electron chi connectivity index (χ4n) is 4.93. The van der Waals surface area contributed by atoms with Crippen molar-refractivity contribution >= 4 is 17.6 Å². The number of amides is 2. The topological polar surface area (TPSA) is 118 Å². The highest BCUT2D eigenvalue weighted by atomic mass is 16.2. The number of hydrogen-bond acceptors (Lipinski definition) is 5. The molecule has 1 aliphatic rings. The van der Waals surface area contributed by atoms with E-state index < -0.39 is 6.04 Å². The van der Waals surface area contributed by atoms with Gasteiger partial charge in [0.25, 0.3) is 5.91 Å². The number of nitrogens with one attached hydrogen (secondary N) is 3. The zero-order valence-electron chi connectivity index (χ0n) is 21.1. The van der Waals surface area contributed by atoms with Crippen LogP contribution in [0.25, 0.3) is 11.1 Å². The van der Waals surface area contributed by atoms with Crippen molar-refractivity contribution in [2.24, 2.45) is 11.8 Å². The lowest BCUT2D eigenvalue weighted by Crippen LogP contribution is -2.49. The predicted molar refractivity (Wildman–Crippen MR) is 135 cm³/mol. The number of anilines is 1. The summed E-state index contributed by atoms with van der Waals surface area (Å²) >= 11 is 0. The normalized spacial score (nSPS) is 18.9. The molecule has 186 valence electrons.